The number of aromatic nitrogens is 2. The molecule has 2 rings (SSSR count). The topological polar surface area (TPSA) is 61.0 Å². The van der Waals surface area contributed by atoms with Gasteiger partial charge in [-0.1, -0.05) is 0 Å². The van der Waals surface area contributed by atoms with Crippen LogP contribution in [0.15, 0.2) is 36.8 Å². The zero-order chi connectivity index (χ0) is 12.1. The van der Waals surface area contributed by atoms with Crippen LogP contribution in [0.2, 0.25) is 0 Å². The Morgan fingerprint density at radius 2 is 2.24 bits per heavy atom. The fraction of sp³-hybridized carbons (Fsp3) is 0.231. The summed E-state index contributed by atoms with van der Waals surface area (Å²) >= 11 is 0. The van der Waals surface area contributed by atoms with E-state index in [1.165, 1.54) is 0 Å². The van der Waals surface area contributed by atoms with Crippen LogP contribution in [0.4, 0.5) is 0 Å². The van der Waals surface area contributed by atoms with Crippen LogP contribution in [0.3, 0.4) is 0 Å². The molecule has 2 heterocycles. The molecule has 4 nitrogen and oxygen atoms in total. The van der Waals surface area contributed by atoms with Gasteiger partial charge in [0, 0.05) is 30.1 Å². The Bertz CT molecular complexity index is 485. The Balaban J connectivity index is 2.38. The second-order valence-corrected chi connectivity index (χ2v) is 3.56. The Labute approximate surface area is 100 Å². The van der Waals surface area contributed by atoms with Crippen molar-refractivity contribution in [1.82, 2.24) is 9.97 Å². The molecule has 0 aliphatic heterocycles. The molecule has 2 N–H and O–H groups in total. The highest BCUT2D eigenvalue weighted by atomic mass is 16.5. The van der Waals surface area contributed by atoms with E-state index in [2.05, 4.69) is 9.97 Å². The van der Waals surface area contributed by atoms with Gasteiger partial charge >= 0.3 is 0 Å². The monoisotopic (exact) mass is 229 g/mol. The number of nitrogens with two attached hydrogens (primary N) is 1. The van der Waals surface area contributed by atoms with Gasteiger partial charge in [0.1, 0.15) is 5.75 Å². The number of hydrogen-bond acceptors (Lipinski definition) is 4. The largest absolute Gasteiger partial charge is 0.492 e. The summed E-state index contributed by atoms with van der Waals surface area (Å²) in [4.78, 5) is 8.43. The molecule has 0 aliphatic rings. The van der Waals surface area contributed by atoms with Crippen molar-refractivity contribution in [2.24, 2.45) is 5.73 Å². The van der Waals surface area contributed by atoms with Crippen LogP contribution in [0.1, 0.15) is 12.5 Å². The number of hydrogen-bond donors (Lipinski definition) is 1. The van der Waals surface area contributed by atoms with Gasteiger partial charge in [0.15, 0.2) is 0 Å². The van der Waals surface area contributed by atoms with E-state index in [1.807, 2.05) is 25.1 Å². The summed E-state index contributed by atoms with van der Waals surface area (Å²) in [6, 6.07) is 5.80. The summed E-state index contributed by atoms with van der Waals surface area (Å²) in [5.41, 5.74) is 8.50. The smallest absolute Gasteiger partial charge is 0.142 e. The molecule has 0 saturated heterocycles. The third kappa shape index (κ3) is 2.60. The third-order valence-corrected chi connectivity index (χ3v) is 2.43. The molecular formula is C13H15N3O. The molecular weight excluding hydrogens is 214 g/mol. The standard InChI is InChI=1S/C13H15N3O/c1-2-17-13-9-16-12(6-11(13)7-14)10-4-3-5-15-8-10/h3-6,8-9H,2,7,14H2,1H3. The highest BCUT2D eigenvalue weighted by Crippen LogP contribution is 2.23. The van der Waals surface area contributed by atoms with Crippen LogP contribution in [-0.2, 0) is 6.54 Å². The van der Waals surface area contributed by atoms with Gasteiger partial charge in [0.2, 0.25) is 0 Å². The van der Waals surface area contributed by atoms with Crippen molar-refractivity contribution in [3.8, 4) is 17.0 Å². The Hall–Kier alpha value is -1.94. The highest BCUT2D eigenvalue weighted by Gasteiger charge is 2.06. The van der Waals surface area contributed by atoms with Crippen molar-refractivity contribution >= 4 is 0 Å². The number of pyridine rings is 2. The lowest BCUT2D eigenvalue weighted by atomic mass is 10.1. The summed E-state index contributed by atoms with van der Waals surface area (Å²) in [7, 11) is 0. The average molecular weight is 229 g/mol. The van der Waals surface area contributed by atoms with Crippen LogP contribution in [0, 0.1) is 0 Å². The van der Waals surface area contributed by atoms with Crippen LogP contribution in [0.25, 0.3) is 11.3 Å². The summed E-state index contributed by atoms with van der Waals surface area (Å²) < 4.78 is 5.46. The number of rotatable bonds is 4. The molecule has 0 aliphatic carbocycles. The SMILES string of the molecule is CCOc1cnc(-c2cccnc2)cc1CN. The van der Waals surface area contributed by atoms with Crippen molar-refractivity contribution < 1.29 is 4.74 Å². The van der Waals surface area contributed by atoms with Crippen molar-refractivity contribution in [3.05, 3.63) is 42.4 Å². The zero-order valence-corrected chi connectivity index (χ0v) is 9.76. The molecule has 0 radical (unpaired) electrons. The Morgan fingerprint density at radius 3 is 2.88 bits per heavy atom. The molecule has 0 atom stereocenters. The molecule has 0 aromatic carbocycles. The van der Waals surface area contributed by atoms with E-state index in [4.69, 9.17) is 10.5 Å². The fourth-order valence-electron chi connectivity index (χ4n) is 1.60. The zero-order valence-electron chi connectivity index (χ0n) is 9.76. The second-order valence-electron chi connectivity index (χ2n) is 3.56. The summed E-state index contributed by atoms with van der Waals surface area (Å²) in [6.07, 6.45) is 5.24. The third-order valence-electron chi connectivity index (χ3n) is 2.43. The van der Waals surface area contributed by atoms with E-state index in [-0.39, 0.29) is 0 Å². The Morgan fingerprint density at radius 1 is 1.35 bits per heavy atom. The summed E-state index contributed by atoms with van der Waals surface area (Å²) in [5.74, 6) is 0.752. The first-order chi connectivity index (χ1) is 8.35. The molecule has 4 heteroatoms. The molecule has 0 bridgehead atoms. The van der Waals surface area contributed by atoms with Crippen LogP contribution in [-0.4, -0.2) is 16.6 Å². The quantitative estimate of drug-likeness (QED) is 0.871. The number of nitrogens with zero attached hydrogens (tertiary/aromatic N) is 2. The molecule has 0 saturated carbocycles. The van der Waals surface area contributed by atoms with Crippen molar-refractivity contribution in [1.29, 1.82) is 0 Å². The molecule has 88 valence electrons. The van der Waals surface area contributed by atoms with E-state index >= 15 is 0 Å². The second kappa shape index (κ2) is 5.41. The van der Waals surface area contributed by atoms with Gasteiger partial charge in [0.25, 0.3) is 0 Å². The summed E-state index contributed by atoms with van der Waals surface area (Å²) in [6.45, 7) is 2.99. The minimum atomic E-state index is 0.436. The maximum absolute atomic E-state index is 5.70. The lowest BCUT2D eigenvalue weighted by Crippen LogP contribution is -2.03. The summed E-state index contributed by atoms with van der Waals surface area (Å²) in [5, 5.41) is 0. The molecule has 0 fully saturated rings. The van der Waals surface area contributed by atoms with Gasteiger partial charge in [-0.15, -0.1) is 0 Å². The predicted molar refractivity (Wildman–Crippen MR) is 66.5 cm³/mol. The Kier molecular flexibility index (Phi) is 3.67. The highest BCUT2D eigenvalue weighted by molar-refractivity contribution is 5.59. The van der Waals surface area contributed by atoms with Gasteiger partial charge in [-0.3, -0.25) is 9.97 Å². The average Bonchev–Trinajstić information content (AvgIpc) is 2.40. The molecule has 0 amide bonds. The van der Waals surface area contributed by atoms with Crippen LogP contribution in [0.5, 0.6) is 5.75 Å². The maximum Gasteiger partial charge on any atom is 0.142 e. The van der Waals surface area contributed by atoms with Gasteiger partial charge in [-0.25, -0.2) is 0 Å². The van der Waals surface area contributed by atoms with E-state index in [0.717, 1.165) is 22.6 Å². The minimum Gasteiger partial charge on any atom is -0.492 e. The lowest BCUT2D eigenvalue weighted by Gasteiger charge is -2.09. The van der Waals surface area contributed by atoms with E-state index in [1.54, 1.807) is 18.6 Å². The predicted octanol–water partition coefficient (Wildman–Crippen LogP) is 2.00. The number of ether oxygens (including phenoxy) is 1. The van der Waals surface area contributed by atoms with Gasteiger partial charge < -0.3 is 10.5 Å². The molecule has 0 unspecified atom stereocenters. The molecule has 0 spiro atoms. The lowest BCUT2D eigenvalue weighted by molar-refractivity contribution is 0.335. The fourth-order valence-corrected chi connectivity index (χ4v) is 1.60. The molecule has 2 aromatic rings. The van der Waals surface area contributed by atoms with Crippen molar-refractivity contribution in [2.45, 2.75) is 13.5 Å². The van der Waals surface area contributed by atoms with E-state index in [0.29, 0.717) is 13.2 Å². The van der Waals surface area contributed by atoms with E-state index < -0.39 is 0 Å². The molecule has 2 aromatic heterocycles. The van der Waals surface area contributed by atoms with E-state index in [9.17, 15) is 0 Å². The van der Waals surface area contributed by atoms with Gasteiger partial charge in [-0.2, -0.15) is 0 Å². The van der Waals surface area contributed by atoms with Gasteiger partial charge in [-0.05, 0) is 25.1 Å². The van der Waals surface area contributed by atoms with Crippen LogP contribution < -0.4 is 10.5 Å². The first-order valence-corrected chi connectivity index (χ1v) is 5.57. The van der Waals surface area contributed by atoms with Crippen molar-refractivity contribution in [3.63, 3.8) is 0 Å². The molecule has 17 heavy (non-hydrogen) atoms. The maximum atomic E-state index is 5.70. The van der Waals surface area contributed by atoms with Gasteiger partial charge in [0.05, 0.1) is 18.5 Å². The first kappa shape index (κ1) is 11.5. The van der Waals surface area contributed by atoms with Crippen molar-refractivity contribution in [2.75, 3.05) is 6.61 Å². The minimum absolute atomic E-state index is 0.436. The first-order valence-electron chi connectivity index (χ1n) is 5.57. The normalized spacial score (nSPS) is 10.2. The van der Waals surface area contributed by atoms with Crippen LogP contribution >= 0.6 is 0 Å².